The Morgan fingerprint density at radius 1 is 1.53 bits per heavy atom. The van der Waals surface area contributed by atoms with Crippen LogP contribution in [-0.2, 0) is 10.0 Å². The van der Waals surface area contributed by atoms with Crippen LogP contribution in [0.1, 0.15) is 6.92 Å². The largest absolute Gasteiger partial charge is 0.396 e. The lowest BCUT2D eigenvalue weighted by Gasteiger charge is -2.10. The van der Waals surface area contributed by atoms with E-state index in [0.717, 1.165) is 6.20 Å². The third-order valence-corrected chi connectivity index (χ3v) is 4.09. The molecule has 1 aromatic heterocycles. The second-order valence-corrected chi connectivity index (χ2v) is 6.12. The fraction of sp³-hybridized carbons (Fsp3) is 0.444. The maximum absolute atomic E-state index is 11.8. The Morgan fingerprint density at radius 3 is 2.71 bits per heavy atom. The number of hydrogen-bond acceptors (Lipinski definition) is 4. The number of nitrogens with one attached hydrogen (secondary N) is 1. The van der Waals surface area contributed by atoms with Crippen molar-refractivity contribution in [2.45, 2.75) is 11.8 Å². The Hall–Kier alpha value is -0.400. The summed E-state index contributed by atoms with van der Waals surface area (Å²) in [6.07, 6.45) is 1.13. The van der Waals surface area contributed by atoms with Gasteiger partial charge < -0.3 is 5.11 Å². The maximum Gasteiger partial charge on any atom is 0.242 e. The number of aliphatic hydroxyl groups is 1. The number of hydrogen-bond donors (Lipinski definition) is 2. The first-order chi connectivity index (χ1) is 7.86. The molecule has 1 unspecified atom stereocenters. The zero-order valence-electron chi connectivity index (χ0n) is 9.02. The van der Waals surface area contributed by atoms with E-state index in [1.165, 1.54) is 6.07 Å². The van der Waals surface area contributed by atoms with E-state index in [4.69, 9.17) is 28.3 Å². The number of sulfonamides is 1. The van der Waals surface area contributed by atoms with E-state index < -0.39 is 10.0 Å². The van der Waals surface area contributed by atoms with Gasteiger partial charge in [-0.1, -0.05) is 30.1 Å². The topological polar surface area (TPSA) is 79.3 Å². The second-order valence-electron chi connectivity index (χ2n) is 3.58. The monoisotopic (exact) mass is 298 g/mol. The van der Waals surface area contributed by atoms with E-state index >= 15 is 0 Å². The molecule has 0 aliphatic rings. The maximum atomic E-state index is 11.8. The fourth-order valence-electron chi connectivity index (χ4n) is 0.950. The van der Waals surface area contributed by atoms with Crippen LogP contribution in [-0.4, -0.2) is 31.7 Å². The molecule has 0 bridgehead atoms. The van der Waals surface area contributed by atoms with Gasteiger partial charge in [0.25, 0.3) is 0 Å². The molecule has 8 heteroatoms. The summed E-state index contributed by atoms with van der Waals surface area (Å²) in [4.78, 5) is 3.60. The summed E-state index contributed by atoms with van der Waals surface area (Å²) in [5.74, 6) is -0.166. The molecule has 5 nitrogen and oxygen atoms in total. The van der Waals surface area contributed by atoms with E-state index in [2.05, 4.69) is 9.71 Å². The van der Waals surface area contributed by atoms with Crippen molar-refractivity contribution in [3.8, 4) is 0 Å². The molecule has 0 spiro atoms. The number of nitrogens with zero attached hydrogens (tertiary/aromatic N) is 1. The van der Waals surface area contributed by atoms with Crippen LogP contribution < -0.4 is 4.72 Å². The van der Waals surface area contributed by atoms with Gasteiger partial charge in [-0.3, -0.25) is 0 Å². The lowest BCUT2D eigenvalue weighted by molar-refractivity contribution is 0.238. The average molecular weight is 299 g/mol. The lowest BCUT2D eigenvalue weighted by atomic mass is 10.2. The van der Waals surface area contributed by atoms with Crippen molar-refractivity contribution in [3.63, 3.8) is 0 Å². The summed E-state index contributed by atoms with van der Waals surface area (Å²) in [5, 5.41) is 8.92. The minimum Gasteiger partial charge on any atom is -0.396 e. The van der Waals surface area contributed by atoms with Crippen LogP contribution >= 0.6 is 23.2 Å². The number of halogens is 2. The molecule has 0 fully saturated rings. The first-order valence-electron chi connectivity index (χ1n) is 4.78. The Morgan fingerprint density at radius 2 is 2.18 bits per heavy atom. The van der Waals surface area contributed by atoms with Gasteiger partial charge in [0.2, 0.25) is 10.0 Å². The molecule has 1 atom stereocenters. The van der Waals surface area contributed by atoms with E-state index in [1.54, 1.807) is 6.92 Å². The van der Waals surface area contributed by atoms with Crippen molar-refractivity contribution in [2.75, 3.05) is 13.2 Å². The van der Waals surface area contributed by atoms with Gasteiger partial charge >= 0.3 is 0 Å². The van der Waals surface area contributed by atoms with E-state index in [9.17, 15) is 8.42 Å². The van der Waals surface area contributed by atoms with Crippen molar-refractivity contribution in [2.24, 2.45) is 5.92 Å². The second kappa shape index (κ2) is 5.97. The highest BCUT2D eigenvalue weighted by Crippen LogP contribution is 2.21. The highest BCUT2D eigenvalue weighted by Gasteiger charge is 2.16. The van der Waals surface area contributed by atoms with Gasteiger partial charge in [0.15, 0.2) is 0 Å². The number of rotatable bonds is 5. The molecule has 0 saturated carbocycles. The van der Waals surface area contributed by atoms with Gasteiger partial charge in [0.1, 0.15) is 10.0 Å². The molecule has 17 heavy (non-hydrogen) atoms. The first-order valence-corrected chi connectivity index (χ1v) is 7.02. The van der Waals surface area contributed by atoms with Gasteiger partial charge in [-0.15, -0.1) is 0 Å². The summed E-state index contributed by atoms with van der Waals surface area (Å²) < 4.78 is 25.9. The lowest BCUT2D eigenvalue weighted by Crippen LogP contribution is -2.29. The number of aliphatic hydroxyl groups excluding tert-OH is 1. The Bertz CT molecular complexity index is 493. The summed E-state index contributed by atoms with van der Waals surface area (Å²) in [6, 6.07) is 1.23. The Kier molecular flexibility index (Phi) is 5.15. The Balaban J connectivity index is 2.86. The van der Waals surface area contributed by atoms with E-state index in [1.807, 2.05) is 0 Å². The normalized spacial score (nSPS) is 13.6. The van der Waals surface area contributed by atoms with Crippen molar-refractivity contribution in [1.29, 1.82) is 0 Å². The smallest absolute Gasteiger partial charge is 0.242 e. The zero-order valence-corrected chi connectivity index (χ0v) is 11.3. The zero-order chi connectivity index (χ0) is 13.1. The number of pyridine rings is 1. The van der Waals surface area contributed by atoms with Crippen molar-refractivity contribution in [1.82, 2.24) is 9.71 Å². The van der Waals surface area contributed by atoms with Gasteiger partial charge in [0.05, 0.1) is 5.02 Å². The summed E-state index contributed by atoms with van der Waals surface area (Å²) >= 11 is 11.3. The molecule has 2 N–H and O–H groups in total. The first kappa shape index (κ1) is 14.7. The summed E-state index contributed by atoms with van der Waals surface area (Å²) in [5.41, 5.74) is 0. The van der Waals surface area contributed by atoms with Gasteiger partial charge in [-0.25, -0.2) is 18.1 Å². The van der Waals surface area contributed by atoms with Crippen LogP contribution in [0, 0.1) is 5.92 Å². The fourth-order valence-corrected chi connectivity index (χ4v) is 2.42. The van der Waals surface area contributed by atoms with Gasteiger partial charge in [-0.05, 0) is 12.0 Å². The molecule has 1 heterocycles. The molecule has 0 radical (unpaired) electrons. The van der Waals surface area contributed by atoms with Crippen LogP contribution in [0.5, 0.6) is 0 Å². The molecule has 0 saturated heterocycles. The van der Waals surface area contributed by atoms with Crippen molar-refractivity contribution in [3.05, 3.63) is 22.4 Å². The van der Waals surface area contributed by atoms with Gasteiger partial charge in [0, 0.05) is 19.3 Å². The minimum absolute atomic E-state index is 0.0503. The third kappa shape index (κ3) is 4.08. The van der Waals surface area contributed by atoms with E-state index in [0.29, 0.717) is 0 Å². The van der Waals surface area contributed by atoms with Crippen LogP contribution in [0.15, 0.2) is 17.2 Å². The predicted octanol–water partition coefficient (Wildman–Crippen LogP) is 1.30. The van der Waals surface area contributed by atoms with Crippen molar-refractivity contribution < 1.29 is 13.5 Å². The molecule has 0 amide bonds. The average Bonchev–Trinajstić information content (AvgIpc) is 2.29. The molecular weight excluding hydrogens is 287 g/mol. The third-order valence-electron chi connectivity index (χ3n) is 2.01. The molecule has 1 aromatic rings. The minimum atomic E-state index is -3.67. The summed E-state index contributed by atoms with van der Waals surface area (Å²) in [7, 11) is -3.67. The number of aromatic nitrogens is 1. The van der Waals surface area contributed by atoms with Crippen LogP contribution in [0.4, 0.5) is 0 Å². The molecule has 0 aliphatic heterocycles. The standard InChI is InChI=1S/C9H12Cl2N2O3S/c1-6(5-14)3-13-17(15,16)7-2-8(10)9(11)12-4-7/h2,4,6,13-14H,3,5H2,1H3. The highest BCUT2D eigenvalue weighted by atomic mass is 35.5. The quantitative estimate of drug-likeness (QED) is 0.803. The van der Waals surface area contributed by atoms with Crippen molar-refractivity contribution >= 4 is 33.2 Å². The summed E-state index contributed by atoms with van der Waals surface area (Å²) in [6.45, 7) is 1.76. The van der Waals surface area contributed by atoms with Crippen LogP contribution in [0.2, 0.25) is 10.2 Å². The predicted molar refractivity (Wildman–Crippen MR) is 65.7 cm³/mol. The molecule has 96 valence electrons. The SMILES string of the molecule is CC(CO)CNS(=O)(=O)c1cnc(Cl)c(Cl)c1. The molecule has 1 rings (SSSR count). The van der Waals surface area contributed by atoms with E-state index in [-0.39, 0.29) is 34.1 Å². The van der Waals surface area contributed by atoms with Gasteiger partial charge in [-0.2, -0.15) is 0 Å². The molecular formula is C9H12Cl2N2O3S. The molecule has 0 aromatic carbocycles. The van der Waals surface area contributed by atoms with Crippen LogP contribution in [0.25, 0.3) is 0 Å². The van der Waals surface area contributed by atoms with Crippen LogP contribution in [0.3, 0.4) is 0 Å². The Labute approximate surface area is 110 Å². The molecule has 0 aliphatic carbocycles. The highest BCUT2D eigenvalue weighted by molar-refractivity contribution is 7.89.